The molecule has 0 spiro atoms. The van der Waals surface area contributed by atoms with E-state index in [4.69, 9.17) is 21.1 Å². The molecule has 0 aliphatic rings. The highest BCUT2D eigenvalue weighted by molar-refractivity contribution is 6.31. The molecule has 5 rings (SSSR count). The van der Waals surface area contributed by atoms with Gasteiger partial charge in [0.2, 0.25) is 0 Å². The number of amides is 2. The van der Waals surface area contributed by atoms with Crippen molar-refractivity contribution in [3.8, 4) is 34.5 Å². The van der Waals surface area contributed by atoms with E-state index in [-0.39, 0.29) is 23.9 Å². The van der Waals surface area contributed by atoms with Gasteiger partial charge >= 0.3 is 11.8 Å². The summed E-state index contributed by atoms with van der Waals surface area (Å²) in [6, 6.07) is 7.43. The minimum Gasteiger partial charge on any atom is -0.344 e. The Morgan fingerprint density at radius 2 is 1.98 bits per heavy atom. The fourth-order valence-corrected chi connectivity index (χ4v) is 4.42. The second-order valence-electron chi connectivity index (χ2n) is 11.1. The van der Waals surface area contributed by atoms with Crippen molar-refractivity contribution in [2.24, 2.45) is 0 Å². The standard InChI is InChI=1S/C30H30ClN9O3/c1-7-8-22(41)34-21-15-40(16(2)3)38-24(21)26-35-23-19(11-12-32-25(23)36-26)17-9-10-18(20(31)13-17)14-33-27(42)28-37-29(39-43-28)30(4,5)6/h9-13,15-16H,14H2,1-6H3,(H,33,42)(H,34,41)(H,32,35,36). The number of hydrogen-bond acceptors (Lipinski definition) is 8. The van der Waals surface area contributed by atoms with E-state index in [9.17, 15) is 9.59 Å². The van der Waals surface area contributed by atoms with E-state index in [2.05, 4.69) is 47.7 Å². The van der Waals surface area contributed by atoms with Gasteiger partial charge in [0.25, 0.3) is 5.91 Å². The largest absolute Gasteiger partial charge is 0.344 e. The van der Waals surface area contributed by atoms with E-state index in [1.165, 1.54) is 0 Å². The fraction of sp³-hybridized carbons (Fsp3) is 0.300. The zero-order valence-electron chi connectivity index (χ0n) is 24.5. The summed E-state index contributed by atoms with van der Waals surface area (Å²) < 4.78 is 6.86. The van der Waals surface area contributed by atoms with Crippen molar-refractivity contribution in [3.05, 3.63) is 59.0 Å². The van der Waals surface area contributed by atoms with Gasteiger partial charge in [-0.15, -0.1) is 0 Å². The molecule has 0 fully saturated rings. The van der Waals surface area contributed by atoms with Crippen LogP contribution in [0.5, 0.6) is 0 Å². The molecule has 0 saturated carbocycles. The van der Waals surface area contributed by atoms with Crippen molar-refractivity contribution in [2.75, 3.05) is 5.32 Å². The number of imidazole rings is 1. The van der Waals surface area contributed by atoms with E-state index in [1.54, 1.807) is 30.1 Å². The quantitative estimate of drug-likeness (QED) is 0.213. The predicted molar refractivity (Wildman–Crippen MR) is 162 cm³/mol. The summed E-state index contributed by atoms with van der Waals surface area (Å²) in [4.78, 5) is 41.5. The van der Waals surface area contributed by atoms with E-state index in [1.807, 2.05) is 52.8 Å². The maximum atomic E-state index is 12.6. The van der Waals surface area contributed by atoms with Crippen LogP contribution in [-0.4, -0.2) is 46.7 Å². The molecule has 0 radical (unpaired) electrons. The molecule has 0 atom stereocenters. The molecular formula is C30H30ClN9O3. The smallest absolute Gasteiger partial charge is 0.315 e. The third kappa shape index (κ3) is 6.27. The van der Waals surface area contributed by atoms with Gasteiger partial charge in [0.1, 0.15) is 5.52 Å². The first-order valence-electron chi connectivity index (χ1n) is 13.5. The summed E-state index contributed by atoms with van der Waals surface area (Å²) in [6.07, 6.45) is 3.42. The predicted octanol–water partition coefficient (Wildman–Crippen LogP) is 5.30. The van der Waals surface area contributed by atoms with Crippen molar-refractivity contribution >= 4 is 40.3 Å². The van der Waals surface area contributed by atoms with Crippen LogP contribution in [0.25, 0.3) is 33.8 Å². The monoisotopic (exact) mass is 599 g/mol. The van der Waals surface area contributed by atoms with Crippen molar-refractivity contribution < 1.29 is 14.1 Å². The van der Waals surface area contributed by atoms with Gasteiger partial charge in [-0.1, -0.05) is 55.6 Å². The second kappa shape index (κ2) is 11.7. The van der Waals surface area contributed by atoms with Crippen LogP contribution in [-0.2, 0) is 16.8 Å². The van der Waals surface area contributed by atoms with Crippen LogP contribution in [0, 0.1) is 11.8 Å². The Bertz CT molecular complexity index is 1900. The van der Waals surface area contributed by atoms with E-state index >= 15 is 0 Å². The van der Waals surface area contributed by atoms with Gasteiger partial charge < -0.3 is 20.1 Å². The number of carbonyl (C=O) groups is 2. The summed E-state index contributed by atoms with van der Waals surface area (Å²) in [7, 11) is 0. The molecule has 3 N–H and O–H groups in total. The highest BCUT2D eigenvalue weighted by Crippen LogP contribution is 2.33. The number of H-pyrrole nitrogens is 1. The van der Waals surface area contributed by atoms with Gasteiger partial charge in [-0.3, -0.25) is 14.3 Å². The average Bonchev–Trinajstić information content (AvgIpc) is 3.70. The van der Waals surface area contributed by atoms with Gasteiger partial charge in [-0.2, -0.15) is 10.1 Å². The Hall–Kier alpha value is -5.02. The molecule has 0 aliphatic carbocycles. The highest BCUT2D eigenvalue weighted by atomic mass is 35.5. The average molecular weight is 600 g/mol. The number of nitrogens with one attached hydrogen (secondary N) is 3. The normalized spacial score (nSPS) is 11.4. The molecule has 4 aromatic heterocycles. The van der Waals surface area contributed by atoms with E-state index in [0.29, 0.717) is 44.8 Å². The molecule has 43 heavy (non-hydrogen) atoms. The van der Waals surface area contributed by atoms with Crippen LogP contribution in [0.1, 0.15) is 69.7 Å². The molecule has 1 aromatic carbocycles. The third-order valence-electron chi connectivity index (χ3n) is 6.45. The minimum atomic E-state index is -0.486. The summed E-state index contributed by atoms with van der Waals surface area (Å²) >= 11 is 6.64. The van der Waals surface area contributed by atoms with E-state index in [0.717, 1.165) is 11.1 Å². The number of halogens is 1. The number of anilines is 1. The number of aromatic nitrogens is 7. The zero-order chi connectivity index (χ0) is 30.9. The number of fused-ring (bicyclic) bond motifs is 1. The van der Waals surface area contributed by atoms with Crippen molar-refractivity contribution in [1.82, 2.24) is 40.2 Å². The molecule has 2 amide bonds. The van der Waals surface area contributed by atoms with Crippen LogP contribution in [0.15, 0.2) is 41.2 Å². The number of pyridine rings is 1. The topological polar surface area (TPSA) is 157 Å². The summed E-state index contributed by atoms with van der Waals surface area (Å²) in [5.74, 6) is 4.93. The Morgan fingerprint density at radius 1 is 1.19 bits per heavy atom. The molecule has 0 aliphatic heterocycles. The number of carbonyl (C=O) groups excluding carboxylic acids is 2. The third-order valence-corrected chi connectivity index (χ3v) is 6.80. The van der Waals surface area contributed by atoms with Crippen LogP contribution in [0.4, 0.5) is 5.69 Å². The number of hydrogen-bond donors (Lipinski definition) is 3. The first-order chi connectivity index (χ1) is 20.4. The van der Waals surface area contributed by atoms with Crippen molar-refractivity contribution in [1.29, 1.82) is 0 Å². The Kier molecular flexibility index (Phi) is 8.02. The Morgan fingerprint density at radius 3 is 2.65 bits per heavy atom. The Balaban J connectivity index is 1.40. The maximum Gasteiger partial charge on any atom is 0.315 e. The lowest BCUT2D eigenvalue weighted by molar-refractivity contribution is -0.111. The number of rotatable bonds is 7. The number of benzene rings is 1. The maximum absolute atomic E-state index is 12.6. The molecular weight excluding hydrogens is 570 g/mol. The number of nitrogens with zero attached hydrogens (tertiary/aromatic N) is 6. The molecule has 4 heterocycles. The second-order valence-corrected chi connectivity index (χ2v) is 11.5. The van der Waals surface area contributed by atoms with Crippen molar-refractivity contribution in [3.63, 3.8) is 0 Å². The highest BCUT2D eigenvalue weighted by Gasteiger charge is 2.24. The zero-order valence-corrected chi connectivity index (χ0v) is 25.3. The molecule has 13 heteroatoms. The van der Waals surface area contributed by atoms with Crippen LogP contribution < -0.4 is 10.6 Å². The van der Waals surface area contributed by atoms with Gasteiger partial charge in [0, 0.05) is 41.0 Å². The van der Waals surface area contributed by atoms with Crippen LogP contribution in [0.2, 0.25) is 5.02 Å². The molecule has 12 nitrogen and oxygen atoms in total. The molecule has 5 aromatic rings. The minimum absolute atomic E-state index is 0.0538. The van der Waals surface area contributed by atoms with Gasteiger partial charge in [0.05, 0.1) is 5.69 Å². The van der Waals surface area contributed by atoms with Crippen LogP contribution in [0.3, 0.4) is 0 Å². The first kappa shape index (κ1) is 29.5. The lowest BCUT2D eigenvalue weighted by Crippen LogP contribution is -2.23. The summed E-state index contributed by atoms with van der Waals surface area (Å²) in [5.41, 5.74) is 4.04. The van der Waals surface area contributed by atoms with Crippen LogP contribution >= 0.6 is 11.6 Å². The molecule has 220 valence electrons. The SMILES string of the molecule is CC#CC(=O)Nc1cn(C(C)C)nc1-c1nc2c(-c3ccc(CNC(=O)c4nc(C(C)(C)C)no4)c(Cl)c3)ccnc2[nH]1. The number of aromatic amines is 1. The molecule has 0 bridgehead atoms. The molecule has 0 unspecified atom stereocenters. The fourth-order valence-electron chi connectivity index (χ4n) is 4.17. The first-order valence-corrected chi connectivity index (χ1v) is 13.9. The van der Waals surface area contributed by atoms with E-state index < -0.39 is 11.8 Å². The lowest BCUT2D eigenvalue weighted by atomic mass is 9.96. The van der Waals surface area contributed by atoms with Gasteiger partial charge in [-0.25, -0.2) is 9.97 Å². The lowest BCUT2D eigenvalue weighted by Gasteiger charge is -2.10. The molecule has 0 saturated heterocycles. The summed E-state index contributed by atoms with van der Waals surface area (Å²) in [5, 5.41) is 14.6. The van der Waals surface area contributed by atoms with Crippen molar-refractivity contribution in [2.45, 2.75) is 59.5 Å². The Labute approximate surface area is 252 Å². The van der Waals surface area contributed by atoms with Gasteiger partial charge in [-0.05, 0) is 50.0 Å². The van der Waals surface area contributed by atoms with Gasteiger partial charge in [0.15, 0.2) is 23.0 Å². The summed E-state index contributed by atoms with van der Waals surface area (Å²) in [6.45, 7) is 11.5.